The Morgan fingerprint density at radius 3 is 2.94 bits per heavy atom. The third kappa shape index (κ3) is 2.82. The van der Waals surface area contributed by atoms with Crippen LogP contribution in [0.15, 0.2) is 30.9 Å². The Balaban J connectivity index is 2.14. The van der Waals surface area contributed by atoms with E-state index in [0.29, 0.717) is 12.7 Å². The van der Waals surface area contributed by atoms with E-state index >= 15 is 0 Å². The molecule has 0 radical (unpaired) electrons. The molecule has 0 N–H and O–H groups in total. The maximum atomic E-state index is 5.42. The molecule has 1 unspecified atom stereocenters. The molecule has 0 saturated heterocycles. The molecule has 1 heterocycles. The quantitative estimate of drug-likeness (QED) is 0.682. The molecule has 0 spiro atoms. The predicted octanol–water partition coefficient (Wildman–Crippen LogP) is 4.27. The number of rotatable bonds is 6. The summed E-state index contributed by atoms with van der Waals surface area (Å²) in [6.07, 6.45) is 6.73. The summed E-state index contributed by atoms with van der Waals surface area (Å²) in [4.78, 5) is 0. The molecule has 2 nitrogen and oxygen atoms in total. The highest BCUT2D eigenvalue weighted by molar-refractivity contribution is 5.45. The summed E-state index contributed by atoms with van der Waals surface area (Å²) in [5.74, 6) is 2.30. The van der Waals surface area contributed by atoms with Crippen LogP contribution in [0.1, 0.15) is 44.1 Å². The van der Waals surface area contributed by atoms with E-state index in [1.54, 1.807) is 0 Å². The van der Waals surface area contributed by atoms with E-state index < -0.39 is 0 Å². The maximum Gasteiger partial charge on any atom is 0.231 e. The van der Waals surface area contributed by atoms with Crippen LogP contribution in [-0.4, -0.2) is 6.79 Å². The Bertz CT molecular complexity index is 385. The SMILES string of the molecule is C=CCC(CCCC)c1ccc2c(c1)OCO2. The Morgan fingerprint density at radius 2 is 2.18 bits per heavy atom. The topological polar surface area (TPSA) is 18.5 Å². The molecule has 0 fully saturated rings. The summed E-state index contributed by atoms with van der Waals surface area (Å²) in [5.41, 5.74) is 1.34. The predicted molar refractivity (Wildman–Crippen MR) is 69.6 cm³/mol. The van der Waals surface area contributed by atoms with E-state index in [0.717, 1.165) is 17.9 Å². The first-order valence-electron chi connectivity index (χ1n) is 6.35. The number of hydrogen-bond acceptors (Lipinski definition) is 2. The fraction of sp³-hybridized carbons (Fsp3) is 0.467. The zero-order valence-corrected chi connectivity index (χ0v) is 10.4. The van der Waals surface area contributed by atoms with Crippen molar-refractivity contribution in [2.24, 2.45) is 0 Å². The molecule has 2 rings (SSSR count). The molecule has 17 heavy (non-hydrogen) atoms. The Labute approximate surface area is 103 Å². The largest absolute Gasteiger partial charge is 0.454 e. The standard InChI is InChI=1S/C15H20O2/c1-3-5-7-12(6-4-2)13-8-9-14-15(10-13)17-11-16-14/h4,8-10,12H,2-3,5-7,11H2,1H3. The van der Waals surface area contributed by atoms with Crippen LogP contribution >= 0.6 is 0 Å². The molecule has 0 aliphatic carbocycles. The van der Waals surface area contributed by atoms with Crippen molar-refractivity contribution in [3.63, 3.8) is 0 Å². The first-order chi connectivity index (χ1) is 8.35. The summed E-state index contributed by atoms with van der Waals surface area (Å²) in [5, 5.41) is 0. The number of ether oxygens (including phenoxy) is 2. The fourth-order valence-electron chi connectivity index (χ4n) is 2.24. The van der Waals surface area contributed by atoms with Gasteiger partial charge < -0.3 is 9.47 Å². The van der Waals surface area contributed by atoms with Gasteiger partial charge in [0.25, 0.3) is 0 Å². The highest BCUT2D eigenvalue weighted by atomic mass is 16.7. The number of unbranched alkanes of at least 4 members (excludes halogenated alkanes) is 1. The van der Waals surface area contributed by atoms with Gasteiger partial charge in [-0.2, -0.15) is 0 Å². The minimum Gasteiger partial charge on any atom is -0.454 e. The molecule has 0 saturated carbocycles. The maximum absolute atomic E-state index is 5.42. The number of hydrogen-bond donors (Lipinski definition) is 0. The van der Waals surface area contributed by atoms with Gasteiger partial charge in [0.15, 0.2) is 11.5 Å². The summed E-state index contributed by atoms with van der Waals surface area (Å²) < 4.78 is 10.8. The van der Waals surface area contributed by atoms with Crippen LogP contribution in [0.25, 0.3) is 0 Å². The summed E-state index contributed by atoms with van der Waals surface area (Å²) in [6, 6.07) is 6.28. The van der Waals surface area contributed by atoms with Crippen LogP contribution in [0.3, 0.4) is 0 Å². The van der Waals surface area contributed by atoms with Gasteiger partial charge in [-0.1, -0.05) is 31.9 Å². The molecule has 1 aliphatic heterocycles. The second-order valence-electron chi connectivity index (χ2n) is 4.48. The lowest BCUT2D eigenvalue weighted by atomic mass is 9.90. The average molecular weight is 232 g/mol. The van der Waals surface area contributed by atoms with Crippen molar-refractivity contribution < 1.29 is 9.47 Å². The highest BCUT2D eigenvalue weighted by Crippen LogP contribution is 2.36. The van der Waals surface area contributed by atoms with Crippen molar-refractivity contribution in [2.75, 3.05) is 6.79 Å². The minimum absolute atomic E-state index is 0.347. The van der Waals surface area contributed by atoms with Gasteiger partial charge in [0.1, 0.15) is 0 Å². The van der Waals surface area contributed by atoms with Crippen molar-refractivity contribution in [1.29, 1.82) is 0 Å². The second-order valence-corrected chi connectivity index (χ2v) is 4.48. The van der Waals surface area contributed by atoms with Crippen molar-refractivity contribution in [3.8, 4) is 11.5 Å². The summed E-state index contributed by atoms with van der Waals surface area (Å²) >= 11 is 0. The van der Waals surface area contributed by atoms with Gasteiger partial charge in [-0.3, -0.25) is 0 Å². The minimum atomic E-state index is 0.347. The van der Waals surface area contributed by atoms with Crippen LogP contribution in [0.4, 0.5) is 0 Å². The van der Waals surface area contributed by atoms with Gasteiger partial charge >= 0.3 is 0 Å². The third-order valence-electron chi connectivity index (χ3n) is 3.23. The lowest BCUT2D eigenvalue weighted by Gasteiger charge is -2.15. The van der Waals surface area contributed by atoms with E-state index in [1.807, 2.05) is 12.1 Å². The van der Waals surface area contributed by atoms with E-state index in [-0.39, 0.29) is 0 Å². The zero-order chi connectivity index (χ0) is 12.1. The normalized spacial score (nSPS) is 14.6. The Kier molecular flexibility index (Phi) is 4.08. The van der Waals surface area contributed by atoms with Gasteiger partial charge in [-0.15, -0.1) is 6.58 Å². The van der Waals surface area contributed by atoms with E-state index in [4.69, 9.17) is 9.47 Å². The molecule has 0 aromatic heterocycles. The van der Waals surface area contributed by atoms with E-state index in [1.165, 1.54) is 24.8 Å². The van der Waals surface area contributed by atoms with E-state index in [9.17, 15) is 0 Å². The van der Waals surface area contributed by atoms with Crippen LogP contribution in [0, 0.1) is 0 Å². The van der Waals surface area contributed by atoms with Gasteiger partial charge in [0, 0.05) is 0 Å². The molecule has 0 amide bonds. The Hall–Kier alpha value is -1.44. The number of benzene rings is 1. The van der Waals surface area contributed by atoms with Crippen molar-refractivity contribution in [1.82, 2.24) is 0 Å². The van der Waals surface area contributed by atoms with Crippen LogP contribution in [0.2, 0.25) is 0 Å². The fourth-order valence-corrected chi connectivity index (χ4v) is 2.24. The lowest BCUT2D eigenvalue weighted by Crippen LogP contribution is -1.98. The molecule has 1 atom stereocenters. The number of allylic oxidation sites excluding steroid dienone is 1. The molecule has 1 aliphatic rings. The van der Waals surface area contributed by atoms with Gasteiger partial charge in [0.2, 0.25) is 6.79 Å². The third-order valence-corrected chi connectivity index (χ3v) is 3.23. The average Bonchev–Trinajstić information content (AvgIpc) is 2.81. The van der Waals surface area contributed by atoms with Crippen LogP contribution in [-0.2, 0) is 0 Å². The molecular weight excluding hydrogens is 212 g/mol. The summed E-state index contributed by atoms with van der Waals surface area (Å²) in [6.45, 7) is 6.42. The smallest absolute Gasteiger partial charge is 0.231 e. The lowest BCUT2D eigenvalue weighted by molar-refractivity contribution is 0.174. The first-order valence-corrected chi connectivity index (χ1v) is 6.35. The van der Waals surface area contributed by atoms with Crippen LogP contribution < -0.4 is 9.47 Å². The number of fused-ring (bicyclic) bond motifs is 1. The molecule has 0 bridgehead atoms. The molecule has 92 valence electrons. The summed E-state index contributed by atoms with van der Waals surface area (Å²) in [7, 11) is 0. The molecule has 1 aromatic rings. The van der Waals surface area contributed by atoms with Crippen molar-refractivity contribution >= 4 is 0 Å². The van der Waals surface area contributed by atoms with Crippen molar-refractivity contribution in [3.05, 3.63) is 36.4 Å². The first kappa shape index (κ1) is 12.0. The molecule has 1 aromatic carbocycles. The Morgan fingerprint density at radius 1 is 1.35 bits per heavy atom. The van der Waals surface area contributed by atoms with E-state index in [2.05, 4.69) is 25.6 Å². The van der Waals surface area contributed by atoms with Crippen molar-refractivity contribution in [2.45, 2.75) is 38.5 Å². The van der Waals surface area contributed by atoms with Gasteiger partial charge in [-0.05, 0) is 36.5 Å². The van der Waals surface area contributed by atoms with Crippen LogP contribution in [0.5, 0.6) is 11.5 Å². The zero-order valence-electron chi connectivity index (χ0n) is 10.4. The highest BCUT2D eigenvalue weighted by Gasteiger charge is 2.16. The molecular formula is C15H20O2. The van der Waals surface area contributed by atoms with Gasteiger partial charge in [0.05, 0.1) is 0 Å². The molecule has 2 heteroatoms. The van der Waals surface area contributed by atoms with Gasteiger partial charge in [-0.25, -0.2) is 0 Å². The monoisotopic (exact) mass is 232 g/mol. The second kappa shape index (κ2) is 5.76.